The zero-order chi connectivity index (χ0) is 18.4. The molecule has 1 unspecified atom stereocenters. The number of nitrogens with zero attached hydrogens (tertiary/aromatic N) is 1. The zero-order valence-corrected chi connectivity index (χ0v) is 13.9. The molecule has 0 bridgehead atoms. The molecule has 1 atom stereocenters. The number of carbonyl (C=O) groups excluding carboxylic acids is 1. The van der Waals surface area contributed by atoms with Crippen molar-refractivity contribution in [3.63, 3.8) is 0 Å². The Hall–Kier alpha value is -2.96. The molecule has 6 nitrogen and oxygen atoms in total. The van der Waals surface area contributed by atoms with Crippen LogP contribution in [0, 0.1) is 15.9 Å². The summed E-state index contributed by atoms with van der Waals surface area (Å²) in [6, 6.07) is 11.3. The van der Waals surface area contributed by atoms with Gasteiger partial charge in [-0.3, -0.25) is 14.9 Å². The number of ether oxygens (including phenoxy) is 2. The van der Waals surface area contributed by atoms with Crippen molar-refractivity contribution in [2.45, 2.75) is 26.4 Å². The Morgan fingerprint density at radius 3 is 2.56 bits per heavy atom. The third kappa shape index (κ3) is 4.53. The van der Waals surface area contributed by atoms with Crippen molar-refractivity contribution in [3.05, 3.63) is 69.5 Å². The van der Waals surface area contributed by atoms with Crippen LogP contribution in [0.25, 0.3) is 0 Å². The largest absolute Gasteiger partial charge is 0.482 e. The molecule has 0 aliphatic carbocycles. The molecule has 2 aromatic rings. The summed E-state index contributed by atoms with van der Waals surface area (Å²) in [4.78, 5) is 22.2. The lowest BCUT2D eigenvalue weighted by Gasteiger charge is -2.14. The molecule has 0 aliphatic rings. The molecule has 0 amide bonds. The number of halogens is 1. The van der Waals surface area contributed by atoms with Crippen LogP contribution in [-0.2, 0) is 16.1 Å². The maximum absolute atomic E-state index is 14.2. The van der Waals surface area contributed by atoms with Crippen LogP contribution in [0.15, 0.2) is 42.5 Å². The molecule has 25 heavy (non-hydrogen) atoms. The average Bonchev–Trinajstić information content (AvgIpc) is 2.59. The first kappa shape index (κ1) is 18.4. The van der Waals surface area contributed by atoms with Crippen LogP contribution in [0.5, 0.6) is 5.75 Å². The van der Waals surface area contributed by atoms with Gasteiger partial charge in [0.2, 0.25) is 11.6 Å². The Balaban J connectivity index is 2.34. The zero-order valence-electron chi connectivity index (χ0n) is 13.9. The van der Waals surface area contributed by atoms with Crippen molar-refractivity contribution in [1.29, 1.82) is 0 Å². The number of hydrogen-bond donors (Lipinski definition) is 0. The fraction of sp³-hybridized carbons (Fsp3) is 0.278. The maximum atomic E-state index is 14.2. The number of rotatable bonds is 7. The lowest BCUT2D eigenvalue weighted by Crippen LogP contribution is -2.14. The first-order valence-electron chi connectivity index (χ1n) is 7.75. The number of esters is 1. The van der Waals surface area contributed by atoms with E-state index in [-0.39, 0.29) is 24.5 Å². The lowest BCUT2D eigenvalue weighted by molar-refractivity contribution is -0.388. The van der Waals surface area contributed by atoms with Crippen LogP contribution in [0.3, 0.4) is 0 Å². The summed E-state index contributed by atoms with van der Waals surface area (Å²) in [6.45, 7) is 3.43. The number of nitro groups is 1. The molecule has 2 rings (SSSR count). The third-order valence-corrected chi connectivity index (χ3v) is 3.61. The minimum absolute atomic E-state index is 0.0400. The highest BCUT2D eigenvalue weighted by molar-refractivity contribution is 5.78. The van der Waals surface area contributed by atoms with Gasteiger partial charge in [0.15, 0.2) is 0 Å². The molecule has 0 heterocycles. The van der Waals surface area contributed by atoms with Crippen molar-refractivity contribution in [1.82, 2.24) is 0 Å². The number of nitro benzene ring substituents is 1. The first-order valence-corrected chi connectivity index (χ1v) is 7.75. The van der Waals surface area contributed by atoms with E-state index in [4.69, 9.17) is 9.47 Å². The quantitative estimate of drug-likeness (QED) is 0.430. The molecule has 7 heteroatoms. The second kappa shape index (κ2) is 8.23. The topological polar surface area (TPSA) is 78.7 Å². The highest BCUT2D eigenvalue weighted by Gasteiger charge is 2.27. The third-order valence-electron chi connectivity index (χ3n) is 3.61. The second-order valence-corrected chi connectivity index (χ2v) is 5.35. The van der Waals surface area contributed by atoms with Gasteiger partial charge < -0.3 is 9.47 Å². The fourth-order valence-electron chi connectivity index (χ4n) is 2.27. The molecule has 0 spiro atoms. The highest BCUT2D eigenvalue weighted by Crippen LogP contribution is 2.34. The maximum Gasteiger partial charge on any atom is 0.346 e. The van der Waals surface area contributed by atoms with Gasteiger partial charge in [-0.2, -0.15) is 4.39 Å². The van der Waals surface area contributed by atoms with E-state index in [1.165, 1.54) is 6.07 Å². The van der Waals surface area contributed by atoms with Gasteiger partial charge in [-0.15, -0.1) is 0 Å². The monoisotopic (exact) mass is 347 g/mol. The van der Waals surface area contributed by atoms with E-state index >= 15 is 0 Å². The Morgan fingerprint density at radius 2 is 1.96 bits per heavy atom. The van der Waals surface area contributed by atoms with Gasteiger partial charge in [-0.1, -0.05) is 30.3 Å². The predicted octanol–water partition coefficient (Wildman–Crippen LogP) is 3.98. The summed E-state index contributed by atoms with van der Waals surface area (Å²) >= 11 is 0. The molecule has 0 aromatic heterocycles. The minimum atomic E-state index is -1.05. The van der Waals surface area contributed by atoms with Crippen LogP contribution in [0.1, 0.15) is 30.9 Å². The summed E-state index contributed by atoms with van der Waals surface area (Å²) in [6.07, 6.45) is 0. The standard InChI is InChI=1S/C18H18FNO5/c1-3-24-18(21)12(2)14-9-15(19)17(20(22)23)16(10-14)25-11-13-7-5-4-6-8-13/h4-10,12H,3,11H2,1-2H3. The van der Waals surface area contributed by atoms with E-state index in [1.54, 1.807) is 38.1 Å². The van der Waals surface area contributed by atoms with Gasteiger partial charge in [0.05, 0.1) is 17.4 Å². The van der Waals surface area contributed by atoms with Crippen LogP contribution in [0.2, 0.25) is 0 Å². The van der Waals surface area contributed by atoms with E-state index in [1.807, 2.05) is 6.07 Å². The van der Waals surface area contributed by atoms with Crippen LogP contribution >= 0.6 is 0 Å². The van der Waals surface area contributed by atoms with E-state index in [9.17, 15) is 19.3 Å². The molecule has 0 aliphatic heterocycles. The number of carbonyl (C=O) groups is 1. The van der Waals surface area contributed by atoms with Crippen molar-refractivity contribution in [3.8, 4) is 5.75 Å². The molecule has 0 saturated carbocycles. The van der Waals surface area contributed by atoms with Crippen LogP contribution in [0.4, 0.5) is 10.1 Å². The Bertz CT molecular complexity index is 764. The predicted molar refractivity (Wildman–Crippen MR) is 88.9 cm³/mol. The Kier molecular flexibility index (Phi) is 6.05. The second-order valence-electron chi connectivity index (χ2n) is 5.35. The van der Waals surface area contributed by atoms with Gasteiger partial charge >= 0.3 is 11.7 Å². The van der Waals surface area contributed by atoms with Crippen molar-refractivity contribution in [2.24, 2.45) is 0 Å². The van der Waals surface area contributed by atoms with Crippen LogP contribution in [-0.4, -0.2) is 17.5 Å². The molecule has 0 radical (unpaired) electrons. The summed E-state index contributed by atoms with van der Waals surface area (Å²) in [5.74, 6) is -2.58. The Labute approximate surface area is 144 Å². The van der Waals surface area contributed by atoms with Gasteiger partial charge in [-0.25, -0.2) is 0 Å². The van der Waals surface area contributed by atoms with E-state index in [2.05, 4.69) is 0 Å². The molecule has 0 N–H and O–H groups in total. The van der Waals surface area contributed by atoms with Gasteiger partial charge in [0.25, 0.3) is 0 Å². The summed E-state index contributed by atoms with van der Waals surface area (Å²) in [7, 11) is 0. The number of hydrogen-bond acceptors (Lipinski definition) is 5. The van der Waals surface area contributed by atoms with E-state index in [0.29, 0.717) is 0 Å². The van der Waals surface area contributed by atoms with Crippen LogP contribution < -0.4 is 4.74 Å². The van der Waals surface area contributed by atoms with Crippen molar-refractivity contribution >= 4 is 11.7 Å². The summed E-state index contributed by atoms with van der Waals surface area (Å²) in [5.41, 5.74) is 0.279. The molecular weight excluding hydrogens is 329 g/mol. The summed E-state index contributed by atoms with van der Waals surface area (Å²) < 4.78 is 24.6. The average molecular weight is 347 g/mol. The molecule has 0 fully saturated rings. The highest BCUT2D eigenvalue weighted by atomic mass is 19.1. The normalized spacial score (nSPS) is 11.6. The fourth-order valence-corrected chi connectivity index (χ4v) is 2.27. The molecule has 2 aromatic carbocycles. The lowest BCUT2D eigenvalue weighted by atomic mass is 10.00. The number of benzene rings is 2. The van der Waals surface area contributed by atoms with Crippen molar-refractivity contribution < 1.29 is 23.6 Å². The van der Waals surface area contributed by atoms with E-state index in [0.717, 1.165) is 11.6 Å². The molecule has 132 valence electrons. The SMILES string of the molecule is CCOC(=O)C(C)c1cc(F)c([N+](=O)[O-])c(OCc2ccccc2)c1. The summed E-state index contributed by atoms with van der Waals surface area (Å²) in [5, 5.41) is 11.2. The molecule has 0 saturated heterocycles. The minimum Gasteiger partial charge on any atom is -0.482 e. The van der Waals surface area contributed by atoms with Crippen molar-refractivity contribution in [2.75, 3.05) is 6.61 Å². The van der Waals surface area contributed by atoms with Gasteiger partial charge in [0, 0.05) is 0 Å². The smallest absolute Gasteiger partial charge is 0.346 e. The first-order chi connectivity index (χ1) is 11.9. The van der Waals surface area contributed by atoms with Gasteiger partial charge in [-0.05, 0) is 37.1 Å². The van der Waals surface area contributed by atoms with Gasteiger partial charge in [0.1, 0.15) is 6.61 Å². The Morgan fingerprint density at radius 1 is 1.28 bits per heavy atom. The van der Waals surface area contributed by atoms with E-state index < -0.39 is 28.3 Å². The molecular formula is C18H18FNO5.